The SMILES string of the molecule is COc1cc2nc(N)n3nc([C@H]4C[C@@H](F)CN(c5cnn(CC6(O)CCC6)c5)C4)nc3c2cc1F. The van der Waals surface area contributed by atoms with Crippen LogP contribution in [0.5, 0.6) is 5.75 Å². The summed E-state index contributed by atoms with van der Waals surface area (Å²) in [6, 6.07) is 2.76. The van der Waals surface area contributed by atoms with Crippen molar-refractivity contribution in [2.75, 3.05) is 30.8 Å². The summed E-state index contributed by atoms with van der Waals surface area (Å²) in [5.41, 5.74) is 6.98. The standard InChI is InChI=1S/C23H26F2N8O2/c1-35-19-7-18-16(6-17(19)25)21-29-20(30-33(21)22(26)28-18)13-5-14(24)10-31(9-13)15-8-27-32(11-15)12-23(34)3-2-4-23/h6-8,11,13-14,34H,2-5,9-10,12H2,1H3,(H2,26,28)/t13-,14+/m0/s1. The monoisotopic (exact) mass is 484 g/mol. The van der Waals surface area contributed by atoms with Crippen molar-refractivity contribution in [2.24, 2.45) is 0 Å². The third-order valence-corrected chi connectivity index (χ3v) is 7.08. The van der Waals surface area contributed by atoms with Gasteiger partial charge in [0.2, 0.25) is 5.95 Å². The number of hydrogen-bond acceptors (Lipinski definition) is 8. The number of rotatable bonds is 5. The molecule has 35 heavy (non-hydrogen) atoms. The van der Waals surface area contributed by atoms with Crippen LogP contribution < -0.4 is 15.4 Å². The second-order valence-electron chi connectivity index (χ2n) is 9.59. The fourth-order valence-electron chi connectivity index (χ4n) is 5.06. The van der Waals surface area contributed by atoms with E-state index in [-0.39, 0.29) is 30.6 Å². The van der Waals surface area contributed by atoms with Gasteiger partial charge in [0, 0.05) is 36.7 Å². The van der Waals surface area contributed by atoms with Gasteiger partial charge in [-0.2, -0.15) is 9.61 Å². The molecule has 1 aliphatic heterocycles. The molecule has 184 valence electrons. The van der Waals surface area contributed by atoms with Crippen LogP contribution in [0, 0.1) is 5.82 Å². The van der Waals surface area contributed by atoms with E-state index in [1.165, 1.54) is 23.8 Å². The Labute approximate surface area is 199 Å². The Balaban J connectivity index is 1.31. The van der Waals surface area contributed by atoms with Crippen LogP contribution in [0.25, 0.3) is 16.6 Å². The molecule has 0 amide bonds. The zero-order valence-electron chi connectivity index (χ0n) is 19.2. The Morgan fingerprint density at radius 2 is 2.09 bits per heavy atom. The van der Waals surface area contributed by atoms with Crippen molar-refractivity contribution in [1.29, 1.82) is 0 Å². The molecule has 0 bridgehead atoms. The highest BCUT2D eigenvalue weighted by molar-refractivity contribution is 5.93. The first kappa shape index (κ1) is 22.0. The summed E-state index contributed by atoms with van der Waals surface area (Å²) in [5, 5.41) is 19.8. The Bertz CT molecular complexity index is 1420. The van der Waals surface area contributed by atoms with Crippen LogP contribution in [-0.4, -0.2) is 66.4 Å². The number of aromatic nitrogens is 6. The number of nitrogen functional groups attached to an aromatic ring is 1. The van der Waals surface area contributed by atoms with Crippen molar-refractivity contribution in [3.8, 4) is 5.75 Å². The molecule has 12 heteroatoms. The molecule has 1 saturated heterocycles. The summed E-state index contributed by atoms with van der Waals surface area (Å²) >= 11 is 0. The molecule has 0 unspecified atom stereocenters. The molecule has 4 aromatic rings. The van der Waals surface area contributed by atoms with E-state index in [9.17, 15) is 13.9 Å². The number of fused-ring (bicyclic) bond motifs is 3. The van der Waals surface area contributed by atoms with Crippen molar-refractivity contribution in [1.82, 2.24) is 29.4 Å². The number of halogens is 2. The van der Waals surface area contributed by atoms with E-state index in [2.05, 4.69) is 20.2 Å². The maximum absolute atomic E-state index is 14.8. The minimum atomic E-state index is -1.09. The maximum atomic E-state index is 14.8. The summed E-state index contributed by atoms with van der Waals surface area (Å²) in [7, 11) is 1.38. The molecule has 0 radical (unpaired) electrons. The minimum absolute atomic E-state index is 0.0571. The Kier molecular flexibility index (Phi) is 5.02. The number of anilines is 2. The number of hydrogen-bond donors (Lipinski definition) is 2. The highest BCUT2D eigenvalue weighted by Crippen LogP contribution is 2.35. The van der Waals surface area contributed by atoms with E-state index in [4.69, 9.17) is 10.5 Å². The topological polar surface area (TPSA) is 120 Å². The van der Waals surface area contributed by atoms with Crippen molar-refractivity contribution in [2.45, 2.75) is 49.9 Å². The first-order chi connectivity index (χ1) is 16.8. The van der Waals surface area contributed by atoms with Gasteiger partial charge in [0.25, 0.3) is 0 Å². The second kappa shape index (κ2) is 8.01. The number of aliphatic hydroxyl groups is 1. The number of piperidine rings is 1. The third-order valence-electron chi connectivity index (χ3n) is 7.08. The molecule has 1 saturated carbocycles. The number of nitrogens with two attached hydrogens (primary N) is 1. The molecule has 3 aromatic heterocycles. The number of benzene rings is 1. The lowest BCUT2D eigenvalue weighted by molar-refractivity contribution is -0.0498. The van der Waals surface area contributed by atoms with Gasteiger partial charge >= 0.3 is 0 Å². The van der Waals surface area contributed by atoms with E-state index >= 15 is 0 Å². The van der Waals surface area contributed by atoms with Crippen LogP contribution in [0.3, 0.4) is 0 Å². The molecule has 6 rings (SSSR count). The van der Waals surface area contributed by atoms with Gasteiger partial charge in [-0.15, -0.1) is 5.10 Å². The van der Waals surface area contributed by atoms with E-state index in [1.54, 1.807) is 10.9 Å². The molecule has 0 spiro atoms. The zero-order valence-corrected chi connectivity index (χ0v) is 19.2. The van der Waals surface area contributed by atoms with Crippen LogP contribution >= 0.6 is 0 Å². The summed E-state index contributed by atoms with van der Waals surface area (Å²) in [5.74, 6) is -0.281. The van der Waals surface area contributed by atoms with Gasteiger partial charge in [0.15, 0.2) is 23.0 Å². The van der Waals surface area contributed by atoms with Crippen LogP contribution in [0.4, 0.5) is 20.4 Å². The predicted octanol–water partition coefficient (Wildman–Crippen LogP) is 2.45. The first-order valence-corrected chi connectivity index (χ1v) is 11.7. The number of nitrogens with zero attached hydrogens (tertiary/aromatic N) is 7. The quantitative estimate of drug-likeness (QED) is 0.443. The Morgan fingerprint density at radius 1 is 1.26 bits per heavy atom. The van der Waals surface area contributed by atoms with Gasteiger partial charge < -0.3 is 20.5 Å². The molecule has 3 N–H and O–H groups in total. The van der Waals surface area contributed by atoms with E-state index in [0.717, 1.165) is 24.9 Å². The van der Waals surface area contributed by atoms with Crippen molar-refractivity contribution >= 4 is 28.2 Å². The molecule has 1 aromatic carbocycles. The number of methoxy groups -OCH3 is 1. The minimum Gasteiger partial charge on any atom is -0.494 e. The van der Waals surface area contributed by atoms with Crippen LogP contribution in [0.1, 0.15) is 37.4 Å². The molecular formula is C23H26F2N8O2. The van der Waals surface area contributed by atoms with Crippen LogP contribution in [0.15, 0.2) is 24.5 Å². The van der Waals surface area contributed by atoms with Crippen LogP contribution in [-0.2, 0) is 6.54 Å². The maximum Gasteiger partial charge on any atom is 0.223 e. The average molecular weight is 485 g/mol. The lowest BCUT2D eigenvalue weighted by Gasteiger charge is -2.36. The van der Waals surface area contributed by atoms with Gasteiger partial charge in [0.05, 0.1) is 36.7 Å². The number of alkyl halides is 1. The van der Waals surface area contributed by atoms with Crippen molar-refractivity contribution in [3.63, 3.8) is 0 Å². The third kappa shape index (κ3) is 3.81. The number of ether oxygens (including phenoxy) is 1. The largest absolute Gasteiger partial charge is 0.494 e. The lowest BCUT2D eigenvalue weighted by atomic mass is 9.80. The van der Waals surface area contributed by atoms with Gasteiger partial charge in [-0.1, -0.05) is 0 Å². The molecule has 10 nitrogen and oxygen atoms in total. The lowest BCUT2D eigenvalue weighted by Crippen LogP contribution is -2.41. The summed E-state index contributed by atoms with van der Waals surface area (Å²) in [6.45, 7) is 1.15. The fraction of sp³-hybridized carbons (Fsp3) is 0.478. The zero-order chi connectivity index (χ0) is 24.3. The van der Waals surface area contributed by atoms with Gasteiger partial charge in [-0.3, -0.25) is 4.68 Å². The molecule has 4 heterocycles. The molecule has 2 aliphatic rings. The van der Waals surface area contributed by atoms with Crippen molar-refractivity contribution in [3.05, 3.63) is 36.2 Å². The Morgan fingerprint density at radius 3 is 2.83 bits per heavy atom. The highest BCUT2D eigenvalue weighted by Gasteiger charge is 2.36. The van der Waals surface area contributed by atoms with Gasteiger partial charge in [-0.05, 0) is 31.7 Å². The molecule has 2 fully saturated rings. The van der Waals surface area contributed by atoms with E-state index < -0.39 is 17.6 Å². The molecule has 2 atom stereocenters. The summed E-state index contributed by atoms with van der Waals surface area (Å²) in [4.78, 5) is 10.9. The first-order valence-electron chi connectivity index (χ1n) is 11.7. The second-order valence-corrected chi connectivity index (χ2v) is 9.59. The Hall–Kier alpha value is -3.54. The average Bonchev–Trinajstić information content (AvgIpc) is 3.46. The highest BCUT2D eigenvalue weighted by atomic mass is 19.1. The fourth-order valence-corrected chi connectivity index (χ4v) is 5.06. The van der Waals surface area contributed by atoms with E-state index in [0.29, 0.717) is 35.5 Å². The molecular weight excluding hydrogens is 458 g/mol. The predicted molar refractivity (Wildman–Crippen MR) is 125 cm³/mol. The normalized spacial score (nSPS) is 22.0. The summed E-state index contributed by atoms with van der Waals surface area (Å²) < 4.78 is 37.4. The molecule has 1 aliphatic carbocycles. The summed E-state index contributed by atoms with van der Waals surface area (Å²) in [6.07, 6.45) is 5.26. The van der Waals surface area contributed by atoms with Crippen molar-refractivity contribution < 1.29 is 18.6 Å². The van der Waals surface area contributed by atoms with Crippen LogP contribution in [0.2, 0.25) is 0 Å². The van der Waals surface area contributed by atoms with Gasteiger partial charge in [-0.25, -0.2) is 18.7 Å². The van der Waals surface area contributed by atoms with E-state index in [1.807, 2.05) is 11.1 Å². The smallest absolute Gasteiger partial charge is 0.223 e. The van der Waals surface area contributed by atoms with Gasteiger partial charge in [0.1, 0.15) is 6.17 Å².